The highest BCUT2D eigenvalue weighted by Gasteiger charge is 2.30. The van der Waals surface area contributed by atoms with Crippen molar-refractivity contribution in [3.8, 4) is 11.5 Å². The molecule has 2 N–H and O–H groups in total. The van der Waals surface area contributed by atoms with Gasteiger partial charge in [-0.2, -0.15) is 0 Å². The van der Waals surface area contributed by atoms with Crippen molar-refractivity contribution in [1.82, 2.24) is 4.90 Å². The number of phenols is 1. The first-order valence-electron chi connectivity index (χ1n) is 8.44. The summed E-state index contributed by atoms with van der Waals surface area (Å²) in [6.07, 6.45) is 1.71. The van der Waals surface area contributed by atoms with Gasteiger partial charge in [-0.15, -0.1) is 0 Å². The number of thioether (sulfide) groups is 1. The van der Waals surface area contributed by atoms with Gasteiger partial charge in [0.1, 0.15) is 0 Å². The maximum atomic E-state index is 12.5. The van der Waals surface area contributed by atoms with E-state index in [2.05, 4.69) is 4.99 Å². The average molecular weight is 398 g/mol. The number of hydrogen-bond acceptors (Lipinski definition) is 6. The van der Waals surface area contributed by atoms with Crippen LogP contribution in [0.25, 0.3) is 6.08 Å². The molecule has 1 aliphatic rings. The predicted octanol–water partition coefficient (Wildman–Crippen LogP) is 3.72. The first-order chi connectivity index (χ1) is 13.4. The van der Waals surface area contributed by atoms with Crippen molar-refractivity contribution in [1.29, 1.82) is 0 Å². The molecule has 2 aromatic rings. The van der Waals surface area contributed by atoms with Crippen LogP contribution in [0.5, 0.6) is 11.5 Å². The zero-order valence-electron chi connectivity index (χ0n) is 15.2. The van der Waals surface area contributed by atoms with E-state index in [1.54, 1.807) is 37.4 Å². The van der Waals surface area contributed by atoms with Gasteiger partial charge in [0.2, 0.25) is 0 Å². The number of carboxylic acid groups (broad SMARTS) is 1. The van der Waals surface area contributed by atoms with Crippen LogP contribution in [-0.2, 0) is 4.79 Å². The van der Waals surface area contributed by atoms with Crippen molar-refractivity contribution in [3.05, 3.63) is 58.5 Å². The van der Waals surface area contributed by atoms with E-state index in [1.165, 1.54) is 34.9 Å². The third-order valence-corrected chi connectivity index (χ3v) is 4.98. The van der Waals surface area contributed by atoms with Gasteiger partial charge in [-0.3, -0.25) is 9.69 Å². The van der Waals surface area contributed by atoms with Crippen molar-refractivity contribution >= 4 is 40.6 Å². The van der Waals surface area contributed by atoms with Gasteiger partial charge in [0, 0.05) is 7.05 Å². The zero-order valence-corrected chi connectivity index (χ0v) is 16.1. The van der Waals surface area contributed by atoms with Gasteiger partial charge in [0.25, 0.3) is 5.91 Å². The molecule has 1 fully saturated rings. The lowest BCUT2D eigenvalue weighted by Gasteiger charge is -2.07. The van der Waals surface area contributed by atoms with E-state index in [-0.39, 0.29) is 17.2 Å². The first kappa shape index (κ1) is 19.5. The van der Waals surface area contributed by atoms with E-state index >= 15 is 0 Å². The van der Waals surface area contributed by atoms with Crippen molar-refractivity contribution in [2.24, 2.45) is 4.99 Å². The highest BCUT2D eigenvalue weighted by molar-refractivity contribution is 8.18. The van der Waals surface area contributed by atoms with Crippen molar-refractivity contribution in [2.45, 2.75) is 6.92 Å². The number of carbonyl (C=O) groups is 2. The molecule has 0 radical (unpaired) electrons. The van der Waals surface area contributed by atoms with E-state index in [0.717, 1.165) is 5.56 Å². The van der Waals surface area contributed by atoms with Gasteiger partial charge in [-0.1, -0.05) is 6.07 Å². The molecule has 3 rings (SSSR count). The van der Waals surface area contributed by atoms with Gasteiger partial charge in [0.15, 0.2) is 16.7 Å². The molecule has 0 unspecified atom stereocenters. The molecule has 0 bridgehead atoms. The summed E-state index contributed by atoms with van der Waals surface area (Å²) in [5, 5.41) is 19.2. The Labute approximate surface area is 166 Å². The minimum Gasteiger partial charge on any atom is -0.504 e. The second-order valence-corrected chi connectivity index (χ2v) is 6.89. The monoisotopic (exact) mass is 398 g/mol. The highest BCUT2D eigenvalue weighted by Crippen LogP contribution is 2.34. The summed E-state index contributed by atoms with van der Waals surface area (Å²) in [6, 6.07) is 11.0. The molecule has 1 aliphatic heterocycles. The summed E-state index contributed by atoms with van der Waals surface area (Å²) in [7, 11) is 1.63. The molecule has 28 heavy (non-hydrogen) atoms. The van der Waals surface area contributed by atoms with Gasteiger partial charge in [-0.25, -0.2) is 9.79 Å². The number of aromatic carboxylic acids is 1. The fourth-order valence-electron chi connectivity index (χ4n) is 2.48. The topological polar surface area (TPSA) is 99.4 Å². The van der Waals surface area contributed by atoms with E-state index < -0.39 is 5.97 Å². The van der Waals surface area contributed by atoms with Crippen LogP contribution in [0.4, 0.5) is 5.69 Å². The molecule has 0 aromatic heterocycles. The lowest BCUT2D eigenvalue weighted by molar-refractivity contribution is -0.121. The standard InChI is InChI=1S/C20H18N2O5S/c1-3-27-16-10-12(4-9-15(16)23)11-17-18(24)22(2)20(28-17)21-14-7-5-13(6-8-14)19(25)26/h4-11,23H,3H2,1-2H3,(H,25,26)/b17-11+,21-20+. The van der Waals surface area contributed by atoms with E-state index in [9.17, 15) is 14.7 Å². The van der Waals surface area contributed by atoms with Crippen molar-refractivity contribution < 1.29 is 24.5 Å². The number of amidine groups is 1. The minimum atomic E-state index is -1.01. The molecule has 0 aliphatic carbocycles. The first-order valence-corrected chi connectivity index (χ1v) is 9.26. The van der Waals surface area contributed by atoms with Crippen LogP contribution in [0, 0.1) is 0 Å². The maximum absolute atomic E-state index is 12.5. The quantitative estimate of drug-likeness (QED) is 0.745. The smallest absolute Gasteiger partial charge is 0.335 e. The summed E-state index contributed by atoms with van der Waals surface area (Å²) in [4.78, 5) is 29.8. The number of phenolic OH excluding ortho intramolecular Hbond substituents is 1. The molecule has 0 spiro atoms. The Morgan fingerprint density at radius 1 is 1.25 bits per heavy atom. The second kappa shape index (κ2) is 8.18. The predicted molar refractivity (Wildman–Crippen MR) is 108 cm³/mol. The Bertz CT molecular complexity index is 983. The Morgan fingerprint density at radius 2 is 1.96 bits per heavy atom. The normalized spacial score (nSPS) is 16.8. The average Bonchev–Trinajstić information content (AvgIpc) is 2.93. The van der Waals surface area contributed by atoms with Crippen LogP contribution in [0.1, 0.15) is 22.8 Å². The Morgan fingerprint density at radius 3 is 2.61 bits per heavy atom. The number of likely N-dealkylation sites (N-methyl/N-ethyl adjacent to an activating group) is 1. The number of aliphatic imine (C=N–C) groups is 1. The van der Waals surface area contributed by atoms with E-state index in [1.807, 2.05) is 6.92 Å². The number of amides is 1. The number of hydrogen-bond donors (Lipinski definition) is 2. The van der Waals surface area contributed by atoms with Crippen LogP contribution in [0.2, 0.25) is 0 Å². The molecule has 2 aromatic carbocycles. The molecule has 0 atom stereocenters. The number of ether oxygens (including phenoxy) is 1. The number of carbonyl (C=O) groups excluding carboxylic acids is 1. The Hall–Kier alpha value is -3.26. The SMILES string of the molecule is CCOc1cc(/C=C2/S/C(=N/c3ccc(C(=O)O)cc3)N(C)C2=O)ccc1O. The summed E-state index contributed by atoms with van der Waals surface area (Å²) >= 11 is 1.22. The van der Waals surface area contributed by atoms with Crippen LogP contribution in [-0.4, -0.2) is 45.8 Å². The molecule has 1 saturated heterocycles. The Kier molecular flexibility index (Phi) is 5.70. The highest BCUT2D eigenvalue weighted by atomic mass is 32.2. The molecule has 0 saturated carbocycles. The van der Waals surface area contributed by atoms with Gasteiger partial charge >= 0.3 is 5.97 Å². The minimum absolute atomic E-state index is 0.0404. The van der Waals surface area contributed by atoms with Crippen LogP contribution >= 0.6 is 11.8 Å². The summed E-state index contributed by atoms with van der Waals surface area (Å²) in [5.74, 6) is -0.809. The van der Waals surface area contributed by atoms with Crippen molar-refractivity contribution in [2.75, 3.05) is 13.7 Å². The zero-order chi connectivity index (χ0) is 20.3. The summed E-state index contributed by atoms with van der Waals surface area (Å²) in [5.41, 5.74) is 1.44. The third kappa shape index (κ3) is 4.17. The fourth-order valence-corrected chi connectivity index (χ4v) is 3.47. The number of benzene rings is 2. The number of carboxylic acids is 1. The molecule has 8 heteroatoms. The molecule has 1 heterocycles. The molecule has 144 valence electrons. The molecular formula is C20H18N2O5S. The largest absolute Gasteiger partial charge is 0.504 e. The third-order valence-electron chi connectivity index (χ3n) is 3.92. The lowest BCUT2D eigenvalue weighted by Crippen LogP contribution is -2.23. The van der Waals surface area contributed by atoms with Crippen LogP contribution in [0.15, 0.2) is 52.4 Å². The Balaban J connectivity index is 1.85. The van der Waals surface area contributed by atoms with Gasteiger partial charge < -0.3 is 14.9 Å². The number of rotatable bonds is 5. The second-order valence-electron chi connectivity index (χ2n) is 5.88. The van der Waals surface area contributed by atoms with Crippen molar-refractivity contribution in [3.63, 3.8) is 0 Å². The lowest BCUT2D eigenvalue weighted by atomic mass is 10.2. The maximum Gasteiger partial charge on any atom is 0.335 e. The fraction of sp³-hybridized carbons (Fsp3) is 0.150. The molecule has 1 amide bonds. The van der Waals surface area contributed by atoms with Gasteiger partial charge in [-0.05, 0) is 66.7 Å². The summed E-state index contributed by atoms with van der Waals surface area (Å²) < 4.78 is 5.37. The van der Waals surface area contributed by atoms with Gasteiger partial charge in [0.05, 0.1) is 22.8 Å². The van der Waals surface area contributed by atoms with Crippen LogP contribution < -0.4 is 4.74 Å². The molecule has 7 nitrogen and oxygen atoms in total. The number of aromatic hydroxyl groups is 1. The van der Waals surface area contributed by atoms with E-state index in [4.69, 9.17) is 9.84 Å². The van der Waals surface area contributed by atoms with E-state index in [0.29, 0.717) is 28.1 Å². The summed E-state index contributed by atoms with van der Waals surface area (Å²) in [6.45, 7) is 2.24. The van der Waals surface area contributed by atoms with Crippen LogP contribution in [0.3, 0.4) is 0 Å². The number of nitrogens with zero attached hydrogens (tertiary/aromatic N) is 2. The molecular weight excluding hydrogens is 380 g/mol.